The molecule has 0 aliphatic carbocycles. The summed E-state index contributed by atoms with van der Waals surface area (Å²) in [4.78, 5) is 0. The lowest BCUT2D eigenvalue weighted by Gasteiger charge is -2.32. The van der Waals surface area contributed by atoms with Crippen molar-refractivity contribution in [1.82, 2.24) is 15.1 Å². The summed E-state index contributed by atoms with van der Waals surface area (Å²) < 4.78 is 9.11. The highest BCUT2D eigenvalue weighted by Gasteiger charge is 2.30. The molecule has 2 rings (SSSR count). The van der Waals surface area contributed by atoms with Crippen LogP contribution in [-0.2, 0) is 4.74 Å². The van der Waals surface area contributed by atoms with E-state index in [1.165, 1.54) is 5.69 Å². The Kier molecular flexibility index (Phi) is 5.74. The maximum atomic E-state index is 5.96. The Morgan fingerprint density at radius 2 is 2.42 bits per heavy atom. The van der Waals surface area contributed by atoms with Crippen molar-refractivity contribution >= 4 is 27.7 Å². The van der Waals surface area contributed by atoms with Gasteiger partial charge in [-0.15, -0.1) is 0 Å². The summed E-state index contributed by atoms with van der Waals surface area (Å²) >= 11 is 5.60. The third-order valence-electron chi connectivity index (χ3n) is 3.21. The molecule has 1 aliphatic heterocycles. The highest BCUT2D eigenvalue weighted by molar-refractivity contribution is 9.10. The van der Waals surface area contributed by atoms with E-state index in [4.69, 9.17) is 4.74 Å². The zero-order chi connectivity index (χ0) is 13.8. The average molecular weight is 348 g/mol. The lowest BCUT2D eigenvalue weighted by Crippen LogP contribution is -2.39. The Balaban J connectivity index is 2.29. The second-order valence-corrected chi connectivity index (χ2v) is 6.94. The number of hydrogen-bond acceptors (Lipinski definition) is 4. The van der Waals surface area contributed by atoms with E-state index in [2.05, 4.69) is 51.8 Å². The molecule has 1 aromatic rings. The molecule has 6 heteroatoms. The van der Waals surface area contributed by atoms with E-state index in [9.17, 15) is 0 Å². The molecule has 1 aliphatic rings. The van der Waals surface area contributed by atoms with Crippen molar-refractivity contribution in [2.45, 2.75) is 39.0 Å². The van der Waals surface area contributed by atoms with Crippen LogP contribution in [0.1, 0.15) is 38.5 Å². The highest BCUT2D eigenvalue weighted by Crippen LogP contribution is 2.31. The minimum atomic E-state index is 0.192. The number of halogens is 1. The largest absolute Gasteiger partial charge is 0.374 e. The summed E-state index contributed by atoms with van der Waals surface area (Å²) in [7, 11) is 0. The number of aromatic nitrogens is 2. The Morgan fingerprint density at radius 1 is 1.63 bits per heavy atom. The van der Waals surface area contributed by atoms with Crippen LogP contribution in [0.25, 0.3) is 0 Å². The molecule has 0 amide bonds. The third-order valence-corrected chi connectivity index (χ3v) is 4.84. The fourth-order valence-electron chi connectivity index (χ4n) is 2.38. The van der Waals surface area contributed by atoms with Gasteiger partial charge in [-0.1, -0.05) is 6.92 Å². The van der Waals surface area contributed by atoms with Crippen molar-refractivity contribution in [3.63, 3.8) is 0 Å². The van der Waals surface area contributed by atoms with Gasteiger partial charge in [0, 0.05) is 17.5 Å². The van der Waals surface area contributed by atoms with Crippen LogP contribution < -0.4 is 5.32 Å². The first-order valence-electron chi connectivity index (χ1n) is 6.80. The van der Waals surface area contributed by atoms with Crippen molar-refractivity contribution in [1.29, 1.82) is 0 Å². The van der Waals surface area contributed by atoms with Gasteiger partial charge >= 0.3 is 0 Å². The van der Waals surface area contributed by atoms with Gasteiger partial charge < -0.3 is 10.1 Å². The Morgan fingerprint density at radius 3 is 3.00 bits per heavy atom. The number of thioether (sulfide) groups is 1. The van der Waals surface area contributed by atoms with Crippen LogP contribution in [0.5, 0.6) is 0 Å². The van der Waals surface area contributed by atoms with E-state index in [0.29, 0.717) is 6.04 Å². The minimum Gasteiger partial charge on any atom is -0.374 e. The summed E-state index contributed by atoms with van der Waals surface area (Å²) in [6, 6.07) is 0.538. The lowest BCUT2D eigenvalue weighted by atomic mass is 10.1. The van der Waals surface area contributed by atoms with Gasteiger partial charge in [-0.05, 0) is 36.3 Å². The first-order chi connectivity index (χ1) is 9.15. The first kappa shape index (κ1) is 15.4. The van der Waals surface area contributed by atoms with E-state index in [1.54, 1.807) is 0 Å². The van der Waals surface area contributed by atoms with Gasteiger partial charge in [-0.3, -0.25) is 4.68 Å². The number of hydrogen-bond donors (Lipinski definition) is 1. The SMILES string of the molecule is CCNC(c1c(Br)cnn1C(C)C)C1CSCCO1. The fraction of sp³-hybridized carbons (Fsp3) is 0.769. The molecule has 0 bridgehead atoms. The van der Waals surface area contributed by atoms with Gasteiger partial charge in [0.05, 0.1) is 35.1 Å². The van der Waals surface area contributed by atoms with Crippen molar-refractivity contribution in [2.24, 2.45) is 0 Å². The second-order valence-electron chi connectivity index (χ2n) is 4.94. The van der Waals surface area contributed by atoms with Crippen molar-refractivity contribution < 1.29 is 4.74 Å². The van der Waals surface area contributed by atoms with Gasteiger partial charge in [-0.25, -0.2) is 0 Å². The molecule has 2 heterocycles. The fourth-order valence-corrected chi connectivity index (χ4v) is 3.80. The van der Waals surface area contributed by atoms with E-state index < -0.39 is 0 Å². The second kappa shape index (κ2) is 7.11. The molecule has 2 atom stereocenters. The lowest BCUT2D eigenvalue weighted by molar-refractivity contribution is 0.0443. The quantitative estimate of drug-likeness (QED) is 0.888. The maximum Gasteiger partial charge on any atom is 0.0875 e. The molecule has 0 aromatic carbocycles. The number of rotatable bonds is 5. The van der Waals surface area contributed by atoms with Crippen molar-refractivity contribution in [2.75, 3.05) is 24.7 Å². The summed E-state index contributed by atoms with van der Waals surface area (Å²) in [5.41, 5.74) is 1.20. The van der Waals surface area contributed by atoms with Gasteiger partial charge in [0.25, 0.3) is 0 Å². The first-order valence-corrected chi connectivity index (χ1v) is 8.75. The van der Waals surface area contributed by atoms with E-state index in [1.807, 2.05) is 18.0 Å². The zero-order valence-corrected chi connectivity index (χ0v) is 14.1. The van der Waals surface area contributed by atoms with Gasteiger partial charge in [-0.2, -0.15) is 16.9 Å². The van der Waals surface area contributed by atoms with Crippen molar-refractivity contribution in [3.8, 4) is 0 Å². The molecular formula is C13H22BrN3OS. The number of nitrogens with zero attached hydrogens (tertiary/aromatic N) is 2. The molecular weight excluding hydrogens is 326 g/mol. The van der Waals surface area contributed by atoms with E-state index in [0.717, 1.165) is 29.1 Å². The normalized spacial score (nSPS) is 21.8. The average Bonchev–Trinajstić information content (AvgIpc) is 2.79. The Hall–Kier alpha value is -0.0400. The summed E-state index contributed by atoms with van der Waals surface area (Å²) in [6.45, 7) is 8.20. The van der Waals surface area contributed by atoms with Gasteiger partial charge in [0.2, 0.25) is 0 Å². The topological polar surface area (TPSA) is 39.1 Å². The molecule has 2 unspecified atom stereocenters. The van der Waals surface area contributed by atoms with Gasteiger partial charge in [0.1, 0.15) is 0 Å². The van der Waals surface area contributed by atoms with Crippen molar-refractivity contribution in [3.05, 3.63) is 16.4 Å². The molecule has 1 aromatic heterocycles. The van der Waals surface area contributed by atoms with Crippen LogP contribution in [0.3, 0.4) is 0 Å². The number of likely N-dealkylation sites (N-methyl/N-ethyl adjacent to an activating group) is 1. The molecule has 1 fully saturated rings. The van der Waals surface area contributed by atoms with E-state index >= 15 is 0 Å². The molecule has 108 valence electrons. The summed E-state index contributed by atoms with van der Waals surface area (Å²) in [6.07, 6.45) is 2.10. The summed E-state index contributed by atoms with van der Waals surface area (Å²) in [5, 5.41) is 8.04. The molecule has 19 heavy (non-hydrogen) atoms. The van der Waals surface area contributed by atoms with Gasteiger partial charge in [0.15, 0.2) is 0 Å². The van der Waals surface area contributed by atoms with Crippen LogP contribution in [0, 0.1) is 0 Å². The third kappa shape index (κ3) is 3.54. The monoisotopic (exact) mass is 347 g/mol. The number of ether oxygens (including phenoxy) is 1. The predicted octanol–water partition coefficient (Wildman–Crippen LogP) is 3.01. The molecule has 0 saturated carbocycles. The van der Waals surface area contributed by atoms with Crippen LogP contribution in [0.15, 0.2) is 10.7 Å². The molecule has 0 spiro atoms. The summed E-state index contributed by atoms with van der Waals surface area (Å²) in [5.74, 6) is 2.13. The molecule has 0 radical (unpaired) electrons. The highest BCUT2D eigenvalue weighted by atomic mass is 79.9. The van der Waals surface area contributed by atoms with Crippen LogP contribution in [0.2, 0.25) is 0 Å². The number of nitrogens with one attached hydrogen (secondary N) is 1. The van der Waals surface area contributed by atoms with Crippen LogP contribution in [-0.4, -0.2) is 40.5 Å². The smallest absolute Gasteiger partial charge is 0.0875 e. The molecule has 4 nitrogen and oxygen atoms in total. The van der Waals surface area contributed by atoms with Crippen LogP contribution >= 0.6 is 27.7 Å². The molecule has 1 saturated heterocycles. The predicted molar refractivity (Wildman–Crippen MR) is 83.8 cm³/mol. The maximum absolute atomic E-state index is 5.96. The molecule has 1 N–H and O–H groups in total. The standard InChI is InChI=1S/C13H22BrN3OS/c1-4-15-12(11-8-19-6-5-18-11)13-10(14)7-16-17(13)9(2)3/h7,9,11-12,15H,4-6,8H2,1-3H3. The van der Waals surface area contributed by atoms with E-state index in [-0.39, 0.29) is 12.1 Å². The Bertz CT molecular complexity index is 405. The Labute approximate surface area is 127 Å². The minimum absolute atomic E-state index is 0.192. The van der Waals surface area contributed by atoms with Crippen LogP contribution in [0.4, 0.5) is 0 Å². The zero-order valence-electron chi connectivity index (χ0n) is 11.7.